The summed E-state index contributed by atoms with van der Waals surface area (Å²) < 4.78 is 1.22. The molecule has 42 valence electrons. The van der Waals surface area contributed by atoms with Gasteiger partial charge >= 0.3 is 0 Å². The fourth-order valence-corrected chi connectivity index (χ4v) is 0.988. The fraction of sp³-hybridized carbons (Fsp3) is 0.667. The third-order valence-electron chi connectivity index (χ3n) is 0.563. The molecule has 0 aliphatic carbocycles. The molecule has 0 radical (unpaired) electrons. The highest BCUT2D eigenvalue weighted by Gasteiger charge is 1.83. The second-order valence-electron chi connectivity index (χ2n) is 2.00. The van der Waals surface area contributed by atoms with Crippen LogP contribution in [0.1, 0.15) is 20.8 Å². The number of rotatable bonds is 1. The smallest absolute Gasteiger partial charge is 0.0118 e. The minimum atomic E-state index is 0.666. The molecule has 0 rings (SSSR count). The van der Waals surface area contributed by atoms with Crippen LogP contribution in [0.15, 0.2) is 10.6 Å². The van der Waals surface area contributed by atoms with Crippen molar-refractivity contribution in [3.8, 4) is 0 Å². The van der Waals surface area contributed by atoms with Crippen molar-refractivity contribution < 1.29 is 0 Å². The molecule has 0 unspecified atom stereocenters. The molecule has 0 nitrogen and oxygen atoms in total. The summed E-state index contributed by atoms with van der Waals surface area (Å²) in [6.45, 7) is 6.36. The summed E-state index contributed by atoms with van der Waals surface area (Å²) in [6.07, 6.45) is 2.17. The first-order valence-corrected chi connectivity index (χ1v) is 3.26. The van der Waals surface area contributed by atoms with Crippen LogP contribution in [0.2, 0.25) is 0 Å². The van der Waals surface area contributed by atoms with Gasteiger partial charge in [0, 0.05) is 0 Å². The molecule has 0 fully saturated rings. The average Bonchev–Trinajstić information content (AvgIpc) is 1.27. The summed E-state index contributed by atoms with van der Waals surface area (Å²) >= 11 is 3.34. The lowest BCUT2D eigenvalue weighted by atomic mass is 10.2. The van der Waals surface area contributed by atoms with Crippen molar-refractivity contribution in [3.05, 3.63) is 10.6 Å². The highest BCUT2D eigenvalue weighted by Crippen LogP contribution is 2.06. The number of halogens is 1. The first-order valence-electron chi connectivity index (χ1n) is 2.47. The molecule has 0 aromatic heterocycles. The van der Waals surface area contributed by atoms with E-state index in [4.69, 9.17) is 0 Å². The average molecular weight is 163 g/mol. The standard InChI is InChI=1S/C6H11Br/c1-5(2)4-6(3)7/h4-5H,1-3H3/b6-4-. The molecule has 0 heterocycles. The number of allylic oxidation sites excluding steroid dienone is 2. The molecule has 0 aromatic rings. The highest BCUT2D eigenvalue weighted by molar-refractivity contribution is 9.11. The SMILES string of the molecule is C/C(Br)=C/C(C)C. The van der Waals surface area contributed by atoms with E-state index in [-0.39, 0.29) is 0 Å². The van der Waals surface area contributed by atoms with E-state index in [1.54, 1.807) is 0 Å². The molecule has 0 aliphatic heterocycles. The van der Waals surface area contributed by atoms with Crippen LogP contribution in [0.3, 0.4) is 0 Å². The molecule has 0 bridgehead atoms. The second-order valence-corrected chi connectivity index (χ2v) is 3.25. The molecule has 0 N–H and O–H groups in total. The summed E-state index contributed by atoms with van der Waals surface area (Å²) in [5.74, 6) is 0.666. The Morgan fingerprint density at radius 1 is 1.57 bits per heavy atom. The molecule has 0 amide bonds. The molecular weight excluding hydrogens is 152 g/mol. The van der Waals surface area contributed by atoms with Gasteiger partial charge in [-0.25, -0.2) is 0 Å². The van der Waals surface area contributed by atoms with Crippen LogP contribution in [-0.4, -0.2) is 0 Å². The molecule has 0 spiro atoms. The van der Waals surface area contributed by atoms with Gasteiger partial charge in [0.15, 0.2) is 0 Å². The van der Waals surface area contributed by atoms with Crippen LogP contribution in [-0.2, 0) is 0 Å². The van der Waals surface area contributed by atoms with Gasteiger partial charge in [-0.15, -0.1) is 0 Å². The molecule has 0 saturated carbocycles. The zero-order valence-electron chi connectivity index (χ0n) is 5.03. The zero-order chi connectivity index (χ0) is 5.86. The summed E-state index contributed by atoms with van der Waals surface area (Å²) in [5.41, 5.74) is 0. The Bertz CT molecular complexity index is 68.2. The van der Waals surface area contributed by atoms with Crippen molar-refractivity contribution in [3.63, 3.8) is 0 Å². The summed E-state index contributed by atoms with van der Waals surface area (Å²) in [4.78, 5) is 0. The van der Waals surface area contributed by atoms with E-state index in [0.717, 1.165) is 0 Å². The Morgan fingerprint density at radius 2 is 2.00 bits per heavy atom. The van der Waals surface area contributed by atoms with E-state index < -0.39 is 0 Å². The van der Waals surface area contributed by atoms with Crippen molar-refractivity contribution >= 4 is 15.9 Å². The first kappa shape index (κ1) is 7.22. The normalized spacial score (nSPS) is 13.0. The van der Waals surface area contributed by atoms with Crippen LogP contribution in [0.5, 0.6) is 0 Å². The molecule has 0 atom stereocenters. The Balaban J connectivity index is 3.45. The maximum Gasteiger partial charge on any atom is -0.0118 e. The van der Waals surface area contributed by atoms with Gasteiger partial charge in [-0.2, -0.15) is 0 Å². The molecule has 1 heteroatoms. The predicted molar refractivity (Wildman–Crippen MR) is 37.5 cm³/mol. The first-order chi connectivity index (χ1) is 3.13. The van der Waals surface area contributed by atoms with Crippen LogP contribution >= 0.6 is 15.9 Å². The van der Waals surface area contributed by atoms with Crippen molar-refractivity contribution in [2.45, 2.75) is 20.8 Å². The quantitative estimate of drug-likeness (QED) is 0.557. The van der Waals surface area contributed by atoms with E-state index >= 15 is 0 Å². The van der Waals surface area contributed by atoms with Gasteiger partial charge in [-0.05, 0) is 17.3 Å². The fourth-order valence-electron chi connectivity index (χ4n) is 0.459. The summed E-state index contributed by atoms with van der Waals surface area (Å²) in [5, 5.41) is 0. The van der Waals surface area contributed by atoms with E-state index in [0.29, 0.717) is 5.92 Å². The molecular formula is C6H11Br. The molecule has 7 heavy (non-hydrogen) atoms. The minimum absolute atomic E-state index is 0.666. The van der Waals surface area contributed by atoms with Crippen LogP contribution in [0.25, 0.3) is 0 Å². The third-order valence-corrected chi connectivity index (χ3v) is 0.827. The van der Waals surface area contributed by atoms with Crippen molar-refractivity contribution in [2.75, 3.05) is 0 Å². The van der Waals surface area contributed by atoms with Gasteiger partial charge in [-0.3, -0.25) is 0 Å². The number of hydrogen-bond donors (Lipinski definition) is 0. The highest BCUT2D eigenvalue weighted by atomic mass is 79.9. The Labute approximate surface area is 53.7 Å². The van der Waals surface area contributed by atoms with E-state index in [2.05, 4.69) is 35.9 Å². The van der Waals surface area contributed by atoms with Gasteiger partial charge in [0.2, 0.25) is 0 Å². The number of hydrogen-bond acceptors (Lipinski definition) is 0. The van der Waals surface area contributed by atoms with Crippen LogP contribution in [0, 0.1) is 5.92 Å². The van der Waals surface area contributed by atoms with Gasteiger partial charge in [0.25, 0.3) is 0 Å². The Hall–Kier alpha value is 0.220. The molecule has 0 aromatic carbocycles. The van der Waals surface area contributed by atoms with E-state index in [9.17, 15) is 0 Å². The summed E-state index contributed by atoms with van der Waals surface area (Å²) in [7, 11) is 0. The maximum atomic E-state index is 3.34. The lowest BCUT2D eigenvalue weighted by Gasteiger charge is -1.91. The van der Waals surface area contributed by atoms with Crippen LogP contribution < -0.4 is 0 Å². The predicted octanol–water partition coefficient (Wildman–Crippen LogP) is 2.94. The largest absolute Gasteiger partial charge is 0.0721 e. The Kier molecular flexibility index (Phi) is 3.35. The van der Waals surface area contributed by atoms with Gasteiger partial charge in [-0.1, -0.05) is 35.9 Å². The third kappa shape index (κ3) is 6.22. The maximum absolute atomic E-state index is 3.34. The van der Waals surface area contributed by atoms with E-state index in [1.165, 1.54) is 4.48 Å². The van der Waals surface area contributed by atoms with Crippen LogP contribution in [0.4, 0.5) is 0 Å². The second kappa shape index (κ2) is 3.25. The minimum Gasteiger partial charge on any atom is -0.0721 e. The lowest BCUT2D eigenvalue weighted by molar-refractivity contribution is 0.829. The monoisotopic (exact) mass is 162 g/mol. The lowest BCUT2D eigenvalue weighted by Crippen LogP contribution is -1.76. The Morgan fingerprint density at radius 3 is 2.00 bits per heavy atom. The van der Waals surface area contributed by atoms with Gasteiger partial charge in [0.05, 0.1) is 0 Å². The van der Waals surface area contributed by atoms with Crippen molar-refractivity contribution in [2.24, 2.45) is 5.92 Å². The van der Waals surface area contributed by atoms with Crippen molar-refractivity contribution in [1.82, 2.24) is 0 Å². The van der Waals surface area contributed by atoms with Gasteiger partial charge < -0.3 is 0 Å². The summed E-state index contributed by atoms with van der Waals surface area (Å²) in [6, 6.07) is 0. The van der Waals surface area contributed by atoms with Gasteiger partial charge in [0.1, 0.15) is 0 Å². The van der Waals surface area contributed by atoms with E-state index in [1.807, 2.05) is 6.92 Å². The zero-order valence-corrected chi connectivity index (χ0v) is 6.62. The molecule has 0 saturated heterocycles. The topological polar surface area (TPSA) is 0 Å². The van der Waals surface area contributed by atoms with Crippen molar-refractivity contribution in [1.29, 1.82) is 0 Å². The molecule has 0 aliphatic rings.